The molecular formula is C13H14BrN3O3S. The van der Waals surface area contributed by atoms with Crippen LogP contribution in [0.5, 0.6) is 0 Å². The van der Waals surface area contributed by atoms with E-state index in [0.29, 0.717) is 22.8 Å². The smallest absolute Gasteiger partial charge is 0.323 e. The second-order valence-corrected chi connectivity index (χ2v) is 6.25. The summed E-state index contributed by atoms with van der Waals surface area (Å²) in [4.78, 5) is 27.6. The molecule has 1 atom stereocenters. The highest BCUT2D eigenvalue weighted by Crippen LogP contribution is 2.13. The first-order valence-electron chi connectivity index (χ1n) is 6.10. The van der Waals surface area contributed by atoms with Crippen LogP contribution in [0.3, 0.4) is 0 Å². The Balaban J connectivity index is 2.08. The number of nitrogens with zero attached hydrogens (tertiary/aromatic N) is 2. The molecule has 0 aliphatic rings. The van der Waals surface area contributed by atoms with Gasteiger partial charge >= 0.3 is 5.97 Å². The van der Waals surface area contributed by atoms with Crippen LogP contribution in [0, 0.1) is 0 Å². The molecule has 2 rings (SSSR count). The maximum absolute atomic E-state index is 12.0. The molecule has 1 unspecified atom stereocenters. The van der Waals surface area contributed by atoms with Crippen LogP contribution >= 0.6 is 27.7 Å². The number of rotatable bonds is 5. The molecule has 0 aromatic carbocycles. The Kier molecular flexibility index (Phi) is 5.38. The van der Waals surface area contributed by atoms with Gasteiger partial charge in [-0.15, -0.1) is 0 Å². The van der Waals surface area contributed by atoms with Crippen molar-refractivity contribution in [1.29, 1.82) is 0 Å². The number of hydrogen-bond donors (Lipinski definition) is 1. The van der Waals surface area contributed by atoms with Gasteiger partial charge in [-0.05, 0) is 28.1 Å². The standard InChI is InChI=1S/C13H14BrN3O3S/c1-20-13(19)10(15)7-21-6-9-4-12(18)17-5-8(14)2-3-11(17)16-9/h2-5,10H,6-7,15H2,1H3. The lowest BCUT2D eigenvalue weighted by atomic mass is 10.4. The van der Waals surface area contributed by atoms with E-state index in [1.54, 1.807) is 12.3 Å². The molecule has 6 nitrogen and oxygen atoms in total. The van der Waals surface area contributed by atoms with E-state index in [2.05, 4.69) is 25.7 Å². The molecule has 0 fully saturated rings. The van der Waals surface area contributed by atoms with Gasteiger partial charge in [0.1, 0.15) is 11.7 Å². The largest absolute Gasteiger partial charge is 0.468 e. The van der Waals surface area contributed by atoms with Gasteiger partial charge in [-0.1, -0.05) is 0 Å². The molecule has 0 aliphatic carbocycles. The summed E-state index contributed by atoms with van der Waals surface area (Å²) in [6, 6.07) is 4.40. The fourth-order valence-corrected chi connectivity index (χ4v) is 2.91. The zero-order valence-electron chi connectivity index (χ0n) is 11.3. The number of hydrogen-bond acceptors (Lipinski definition) is 6. The van der Waals surface area contributed by atoms with E-state index in [-0.39, 0.29) is 5.56 Å². The van der Waals surface area contributed by atoms with Crippen molar-refractivity contribution >= 4 is 39.3 Å². The predicted octanol–water partition coefficient (Wildman–Crippen LogP) is 1.19. The van der Waals surface area contributed by atoms with Crippen molar-refractivity contribution in [3.05, 3.63) is 44.9 Å². The molecule has 0 amide bonds. The minimum absolute atomic E-state index is 0.144. The van der Waals surface area contributed by atoms with Gasteiger partial charge in [-0.2, -0.15) is 11.8 Å². The van der Waals surface area contributed by atoms with Gasteiger partial charge in [-0.25, -0.2) is 4.98 Å². The van der Waals surface area contributed by atoms with Crippen LogP contribution in [0.2, 0.25) is 0 Å². The maximum Gasteiger partial charge on any atom is 0.323 e. The van der Waals surface area contributed by atoms with Gasteiger partial charge in [0.05, 0.1) is 12.8 Å². The number of ether oxygens (including phenoxy) is 1. The molecule has 0 radical (unpaired) electrons. The van der Waals surface area contributed by atoms with Gasteiger partial charge in [0.2, 0.25) is 0 Å². The van der Waals surface area contributed by atoms with Gasteiger partial charge in [0, 0.05) is 28.2 Å². The number of thioether (sulfide) groups is 1. The van der Waals surface area contributed by atoms with Gasteiger partial charge in [0.15, 0.2) is 0 Å². The van der Waals surface area contributed by atoms with Crippen LogP contribution in [0.25, 0.3) is 5.65 Å². The topological polar surface area (TPSA) is 86.7 Å². The van der Waals surface area contributed by atoms with E-state index < -0.39 is 12.0 Å². The highest BCUT2D eigenvalue weighted by atomic mass is 79.9. The number of fused-ring (bicyclic) bond motifs is 1. The fourth-order valence-electron chi connectivity index (χ4n) is 1.71. The van der Waals surface area contributed by atoms with Crippen molar-refractivity contribution in [2.45, 2.75) is 11.8 Å². The Morgan fingerprint density at radius 1 is 1.57 bits per heavy atom. The van der Waals surface area contributed by atoms with E-state index in [1.165, 1.54) is 29.3 Å². The van der Waals surface area contributed by atoms with Crippen LogP contribution in [0.15, 0.2) is 33.7 Å². The number of halogens is 1. The Hall–Kier alpha value is -1.38. The number of nitrogens with two attached hydrogens (primary N) is 1. The monoisotopic (exact) mass is 371 g/mol. The summed E-state index contributed by atoms with van der Waals surface area (Å²) in [5, 5.41) is 0. The van der Waals surface area contributed by atoms with E-state index >= 15 is 0 Å². The van der Waals surface area contributed by atoms with Crippen molar-refractivity contribution in [3.8, 4) is 0 Å². The second-order valence-electron chi connectivity index (χ2n) is 4.31. The van der Waals surface area contributed by atoms with Crippen molar-refractivity contribution < 1.29 is 9.53 Å². The lowest BCUT2D eigenvalue weighted by Crippen LogP contribution is -2.33. The summed E-state index contributed by atoms with van der Waals surface area (Å²) in [6.45, 7) is 0. The van der Waals surface area contributed by atoms with Gasteiger partial charge in [-0.3, -0.25) is 14.0 Å². The summed E-state index contributed by atoms with van der Waals surface area (Å²) in [5.41, 5.74) is 6.74. The minimum Gasteiger partial charge on any atom is -0.468 e. The predicted molar refractivity (Wildman–Crippen MR) is 85.3 cm³/mol. The molecule has 2 aromatic heterocycles. The first kappa shape index (κ1) is 16.0. The average molecular weight is 372 g/mol. The van der Waals surface area contributed by atoms with E-state index in [0.717, 1.165) is 4.47 Å². The summed E-state index contributed by atoms with van der Waals surface area (Å²) in [5.74, 6) is 0.472. The third-order valence-electron chi connectivity index (χ3n) is 2.73. The summed E-state index contributed by atoms with van der Waals surface area (Å²) >= 11 is 4.75. The molecule has 0 bridgehead atoms. The Morgan fingerprint density at radius 2 is 2.33 bits per heavy atom. The van der Waals surface area contributed by atoms with Crippen molar-refractivity contribution in [1.82, 2.24) is 9.38 Å². The van der Waals surface area contributed by atoms with E-state index in [9.17, 15) is 9.59 Å². The molecule has 112 valence electrons. The van der Waals surface area contributed by atoms with Crippen molar-refractivity contribution in [2.75, 3.05) is 12.9 Å². The van der Waals surface area contributed by atoms with Crippen LogP contribution in [-0.4, -0.2) is 34.3 Å². The molecular weight excluding hydrogens is 358 g/mol. The zero-order valence-corrected chi connectivity index (χ0v) is 13.7. The number of pyridine rings is 1. The molecule has 0 saturated heterocycles. The number of aromatic nitrogens is 2. The highest BCUT2D eigenvalue weighted by molar-refractivity contribution is 9.10. The average Bonchev–Trinajstić information content (AvgIpc) is 2.47. The molecule has 8 heteroatoms. The molecule has 2 heterocycles. The summed E-state index contributed by atoms with van der Waals surface area (Å²) in [7, 11) is 1.30. The molecule has 0 aliphatic heterocycles. The lowest BCUT2D eigenvalue weighted by Gasteiger charge is -2.08. The highest BCUT2D eigenvalue weighted by Gasteiger charge is 2.13. The third-order valence-corrected chi connectivity index (χ3v) is 4.29. The van der Waals surface area contributed by atoms with E-state index in [1.807, 2.05) is 6.07 Å². The second kappa shape index (κ2) is 7.06. The molecule has 0 saturated carbocycles. The molecule has 0 spiro atoms. The first-order chi connectivity index (χ1) is 10.0. The molecule has 2 N–H and O–H groups in total. The SMILES string of the molecule is COC(=O)C(N)CSCc1cc(=O)n2cc(Br)ccc2n1. The Labute approximate surface area is 133 Å². The number of methoxy groups -OCH3 is 1. The number of carbonyl (C=O) groups is 1. The van der Waals surface area contributed by atoms with Crippen LogP contribution in [0.4, 0.5) is 0 Å². The van der Waals surface area contributed by atoms with Crippen LogP contribution < -0.4 is 11.3 Å². The normalized spacial score (nSPS) is 12.3. The zero-order chi connectivity index (χ0) is 15.4. The van der Waals surface area contributed by atoms with Crippen LogP contribution in [0.1, 0.15) is 5.69 Å². The minimum atomic E-state index is -0.669. The number of carbonyl (C=O) groups excluding carboxylic acids is 1. The lowest BCUT2D eigenvalue weighted by molar-refractivity contribution is -0.141. The maximum atomic E-state index is 12.0. The first-order valence-corrected chi connectivity index (χ1v) is 8.05. The molecule has 21 heavy (non-hydrogen) atoms. The quantitative estimate of drug-likeness (QED) is 0.794. The Morgan fingerprint density at radius 3 is 3.05 bits per heavy atom. The third kappa shape index (κ3) is 4.05. The summed E-state index contributed by atoms with van der Waals surface area (Å²) < 4.78 is 6.83. The molecule has 2 aromatic rings. The Bertz CT molecular complexity index is 719. The fraction of sp³-hybridized carbons (Fsp3) is 0.308. The van der Waals surface area contributed by atoms with Crippen LogP contribution in [-0.2, 0) is 15.3 Å². The number of esters is 1. The summed E-state index contributed by atoms with van der Waals surface area (Å²) in [6.07, 6.45) is 1.68. The van der Waals surface area contributed by atoms with E-state index in [4.69, 9.17) is 5.73 Å². The van der Waals surface area contributed by atoms with Gasteiger partial charge < -0.3 is 10.5 Å². The van der Waals surface area contributed by atoms with Crippen molar-refractivity contribution in [3.63, 3.8) is 0 Å². The van der Waals surface area contributed by atoms with Gasteiger partial charge in [0.25, 0.3) is 5.56 Å². The van der Waals surface area contributed by atoms with Crippen molar-refractivity contribution in [2.24, 2.45) is 5.73 Å².